The zero-order valence-corrected chi connectivity index (χ0v) is 20.3. The minimum Gasteiger partial charge on any atom is -0.497 e. The molecule has 3 aromatic carbocycles. The van der Waals surface area contributed by atoms with Crippen LogP contribution in [0.25, 0.3) is 16.9 Å². The quantitative estimate of drug-likeness (QED) is 0.219. The normalized spacial score (nSPS) is 11.4. The van der Waals surface area contributed by atoms with Crippen LogP contribution in [0.15, 0.2) is 84.0 Å². The van der Waals surface area contributed by atoms with Crippen LogP contribution in [0.2, 0.25) is 0 Å². The fraction of sp³-hybridized carbons (Fsp3) is 0.207. The summed E-state index contributed by atoms with van der Waals surface area (Å²) >= 11 is 0. The van der Waals surface area contributed by atoms with E-state index in [1.54, 1.807) is 14.2 Å². The maximum atomic E-state index is 5.74. The number of aromatic nitrogens is 1. The molecule has 0 aliphatic heterocycles. The molecule has 0 atom stereocenters. The van der Waals surface area contributed by atoms with Crippen LogP contribution in [-0.4, -0.2) is 24.5 Å². The van der Waals surface area contributed by atoms with Crippen LogP contribution in [0.3, 0.4) is 0 Å². The maximum absolute atomic E-state index is 5.74. The number of ether oxygens (including phenoxy) is 2. The molecule has 0 aliphatic carbocycles. The summed E-state index contributed by atoms with van der Waals surface area (Å²) in [7, 11) is 3.35. The first-order chi connectivity index (χ1) is 16.5. The van der Waals surface area contributed by atoms with Crippen LogP contribution in [0.5, 0.6) is 11.5 Å². The third-order valence-electron chi connectivity index (χ3n) is 6.02. The van der Waals surface area contributed by atoms with E-state index >= 15 is 0 Å². The molecule has 1 heterocycles. The van der Waals surface area contributed by atoms with Gasteiger partial charge in [-0.3, -0.25) is 0 Å². The largest absolute Gasteiger partial charge is 0.497 e. The molecule has 0 saturated heterocycles. The smallest absolute Gasteiger partial charge is 0.142 e. The molecule has 0 bridgehead atoms. The third-order valence-corrected chi connectivity index (χ3v) is 6.02. The highest BCUT2D eigenvalue weighted by molar-refractivity contribution is 6.01. The molecule has 0 unspecified atom stereocenters. The average molecular weight is 455 g/mol. The van der Waals surface area contributed by atoms with E-state index in [1.807, 2.05) is 49.4 Å². The van der Waals surface area contributed by atoms with Gasteiger partial charge in [-0.25, -0.2) is 0 Å². The van der Waals surface area contributed by atoms with E-state index in [9.17, 15) is 0 Å². The van der Waals surface area contributed by atoms with Crippen molar-refractivity contribution in [1.82, 2.24) is 4.57 Å². The van der Waals surface area contributed by atoms with Gasteiger partial charge in [0, 0.05) is 22.5 Å². The van der Waals surface area contributed by atoms with Gasteiger partial charge in [0.2, 0.25) is 0 Å². The van der Waals surface area contributed by atoms with Crippen molar-refractivity contribution in [3.05, 3.63) is 101 Å². The lowest BCUT2D eigenvalue weighted by Gasteiger charge is -2.14. The van der Waals surface area contributed by atoms with E-state index in [0.717, 1.165) is 51.0 Å². The molecule has 4 rings (SSSR count). The van der Waals surface area contributed by atoms with Crippen LogP contribution in [0.1, 0.15) is 29.3 Å². The highest BCUT2D eigenvalue weighted by Gasteiger charge is 2.17. The Bertz CT molecular complexity index is 1300. The van der Waals surface area contributed by atoms with Gasteiger partial charge < -0.3 is 18.9 Å². The maximum Gasteiger partial charge on any atom is 0.142 e. The number of nitrogens with zero attached hydrogens (tertiary/aromatic N) is 2. The van der Waals surface area contributed by atoms with Crippen LogP contribution >= 0.6 is 0 Å². The topological polar surface area (TPSA) is 45.0 Å². The number of benzene rings is 3. The standard InChI is InChI=1S/C29H30N2O3/c1-20-9-6-7-10-24(20)19-34-30-21(2)28-18-29(23-11-8-12-27(17-23)33-5)31(22(28)3)25-13-15-26(32-4)16-14-25/h6-18H,19H2,1-5H3/b30-21+. The number of oxime groups is 1. The molecule has 0 radical (unpaired) electrons. The zero-order chi connectivity index (χ0) is 24.1. The summed E-state index contributed by atoms with van der Waals surface area (Å²) < 4.78 is 13.0. The van der Waals surface area contributed by atoms with Crippen LogP contribution < -0.4 is 9.47 Å². The molecule has 174 valence electrons. The van der Waals surface area contributed by atoms with Crippen molar-refractivity contribution in [3.8, 4) is 28.4 Å². The molecule has 0 N–H and O–H groups in total. The van der Waals surface area contributed by atoms with Crippen LogP contribution in [0, 0.1) is 13.8 Å². The lowest BCUT2D eigenvalue weighted by Crippen LogP contribution is -2.03. The van der Waals surface area contributed by atoms with Gasteiger partial charge in [0.05, 0.1) is 25.6 Å². The first kappa shape index (κ1) is 23.2. The molecule has 5 heteroatoms. The third kappa shape index (κ3) is 4.84. The molecular weight excluding hydrogens is 424 g/mol. The fourth-order valence-electron chi connectivity index (χ4n) is 4.05. The van der Waals surface area contributed by atoms with Crippen molar-refractivity contribution in [1.29, 1.82) is 0 Å². The van der Waals surface area contributed by atoms with Crippen molar-refractivity contribution in [2.45, 2.75) is 27.4 Å². The second kappa shape index (κ2) is 10.3. The molecule has 5 nitrogen and oxygen atoms in total. The number of methoxy groups -OCH3 is 2. The number of hydrogen-bond donors (Lipinski definition) is 0. The predicted octanol–water partition coefficient (Wildman–Crippen LogP) is 6.72. The Morgan fingerprint density at radius 1 is 0.824 bits per heavy atom. The van der Waals surface area contributed by atoms with Crippen molar-refractivity contribution < 1.29 is 14.3 Å². The average Bonchev–Trinajstić information content (AvgIpc) is 3.22. The summed E-state index contributed by atoms with van der Waals surface area (Å²) in [5.41, 5.74) is 8.38. The van der Waals surface area contributed by atoms with Gasteiger partial charge in [-0.15, -0.1) is 0 Å². The van der Waals surface area contributed by atoms with Crippen molar-refractivity contribution in [2.75, 3.05) is 14.2 Å². The number of hydrogen-bond acceptors (Lipinski definition) is 4. The van der Waals surface area contributed by atoms with Gasteiger partial charge in [-0.05, 0) is 74.4 Å². The fourth-order valence-corrected chi connectivity index (χ4v) is 4.05. The highest BCUT2D eigenvalue weighted by atomic mass is 16.6. The van der Waals surface area contributed by atoms with Crippen LogP contribution in [0.4, 0.5) is 0 Å². The molecular formula is C29H30N2O3. The Morgan fingerprint density at radius 2 is 1.56 bits per heavy atom. The van der Waals surface area contributed by atoms with Crippen molar-refractivity contribution in [2.24, 2.45) is 5.16 Å². The monoisotopic (exact) mass is 454 g/mol. The van der Waals surface area contributed by atoms with E-state index in [1.165, 1.54) is 5.56 Å². The second-order valence-corrected chi connectivity index (χ2v) is 8.17. The lowest BCUT2D eigenvalue weighted by molar-refractivity contribution is 0.130. The Morgan fingerprint density at radius 3 is 2.26 bits per heavy atom. The van der Waals surface area contributed by atoms with Gasteiger partial charge in [-0.1, -0.05) is 41.6 Å². The van der Waals surface area contributed by atoms with E-state index in [-0.39, 0.29) is 0 Å². The Balaban J connectivity index is 1.74. The summed E-state index contributed by atoms with van der Waals surface area (Å²) in [5, 5.41) is 4.45. The summed E-state index contributed by atoms with van der Waals surface area (Å²) in [5.74, 6) is 1.63. The molecule has 34 heavy (non-hydrogen) atoms. The summed E-state index contributed by atoms with van der Waals surface area (Å²) in [6.07, 6.45) is 0. The predicted molar refractivity (Wildman–Crippen MR) is 137 cm³/mol. The lowest BCUT2D eigenvalue weighted by atomic mass is 10.1. The van der Waals surface area contributed by atoms with Gasteiger partial charge in [0.15, 0.2) is 0 Å². The van der Waals surface area contributed by atoms with Gasteiger partial charge in [0.1, 0.15) is 18.1 Å². The van der Waals surface area contributed by atoms with Gasteiger partial charge >= 0.3 is 0 Å². The molecule has 4 aromatic rings. The summed E-state index contributed by atoms with van der Waals surface area (Å²) in [6, 6.07) is 26.5. The van der Waals surface area contributed by atoms with Crippen molar-refractivity contribution in [3.63, 3.8) is 0 Å². The van der Waals surface area contributed by atoms with Gasteiger partial charge in [0.25, 0.3) is 0 Å². The van der Waals surface area contributed by atoms with E-state index in [2.05, 4.69) is 60.0 Å². The van der Waals surface area contributed by atoms with E-state index in [4.69, 9.17) is 14.3 Å². The molecule has 0 fully saturated rings. The van der Waals surface area contributed by atoms with Crippen molar-refractivity contribution >= 4 is 5.71 Å². The molecule has 0 amide bonds. The Hall–Kier alpha value is -3.99. The summed E-state index contributed by atoms with van der Waals surface area (Å²) in [4.78, 5) is 5.74. The first-order valence-corrected chi connectivity index (χ1v) is 11.2. The molecule has 0 spiro atoms. The van der Waals surface area contributed by atoms with E-state index in [0.29, 0.717) is 6.61 Å². The first-order valence-electron chi connectivity index (χ1n) is 11.2. The molecule has 0 aliphatic rings. The Kier molecular flexibility index (Phi) is 7.02. The van der Waals surface area contributed by atoms with Gasteiger partial charge in [-0.2, -0.15) is 0 Å². The zero-order valence-electron chi connectivity index (χ0n) is 20.3. The number of aryl methyl sites for hydroxylation is 1. The summed E-state index contributed by atoms with van der Waals surface area (Å²) in [6.45, 7) is 6.59. The second-order valence-electron chi connectivity index (χ2n) is 8.17. The molecule has 1 aromatic heterocycles. The van der Waals surface area contributed by atoms with E-state index < -0.39 is 0 Å². The minimum absolute atomic E-state index is 0.436. The number of rotatable bonds is 8. The molecule has 0 saturated carbocycles. The van der Waals surface area contributed by atoms with Crippen LogP contribution in [-0.2, 0) is 11.4 Å². The Labute approximate surface area is 201 Å². The highest BCUT2D eigenvalue weighted by Crippen LogP contribution is 2.32. The SMILES string of the molecule is COc1ccc(-n2c(-c3cccc(OC)c3)cc(/C(C)=N/OCc3ccccc3C)c2C)cc1. The minimum atomic E-state index is 0.436.